The van der Waals surface area contributed by atoms with Crippen LogP contribution in [-0.4, -0.2) is 0 Å². The highest BCUT2D eigenvalue weighted by atomic mass is 16.4. The molecule has 2 aromatic carbocycles. The van der Waals surface area contributed by atoms with Gasteiger partial charge in [0, 0.05) is 35.8 Å². The molecule has 0 radical (unpaired) electrons. The van der Waals surface area contributed by atoms with Crippen LogP contribution in [0.25, 0.3) is 0 Å². The molecule has 4 aromatic rings. The van der Waals surface area contributed by atoms with Crippen LogP contribution in [0.2, 0.25) is 0 Å². The molecule has 1 saturated carbocycles. The van der Waals surface area contributed by atoms with Crippen LogP contribution in [-0.2, 0) is 0 Å². The molecule has 2 heterocycles. The van der Waals surface area contributed by atoms with Crippen LogP contribution in [0.5, 0.6) is 0 Å². The first-order valence-electron chi connectivity index (χ1n) is 10.0. The lowest BCUT2D eigenvalue weighted by molar-refractivity contribution is 0.169. The minimum atomic E-state index is -0.360. The molecule has 0 spiro atoms. The minimum absolute atomic E-state index is 0.00695. The van der Waals surface area contributed by atoms with Gasteiger partial charge in [-0.2, -0.15) is 0 Å². The highest BCUT2D eigenvalue weighted by Gasteiger charge is 2.55. The minimum Gasteiger partial charge on any atom is -0.428 e. The molecule has 2 aromatic heterocycles. The molecule has 0 saturated heterocycles. The Hall–Kier alpha value is -3.66. The van der Waals surface area contributed by atoms with Crippen molar-refractivity contribution in [3.05, 3.63) is 141 Å². The summed E-state index contributed by atoms with van der Waals surface area (Å²) < 4.78 is 11.3. The van der Waals surface area contributed by atoms with Crippen LogP contribution in [0.1, 0.15) is 46.3 Å². The lowest BCUT2D eigenvalue weighted by Crippen LogP contribution is -2.40. The fourth-order valence-electron chi connectivity index (χ4n) is 4.81. The Morgan fingerprint density at radius 3 is 1.20 bits per heavy atom. The molecule has 30 heavy (non-hydrogen) atoms. The van der Waals surface area contributed by atoms with Crippen molar-refractivity contribution in [3.8, 4) is 0 Å². The zero-order chi connectivity index (χ0) is 20.5. The summed E-state index contributed by atoms with van der Waals surface area (Å²) >= 11 is 0. The summed E-state index contributed by atoms with van der Waals surface area (Å²) in [5, 5.41) is 0. The molecule has 0 unspecified atom stereocenters. The predicted octanol–water partition coefficient (Wildman–Crippen LogP) is 5.04. The van der Waals surface area contributed by atoms with E-state index in [1.165, 1.54) is 12.1 Å². The van der Waals surface area contributed by atoms with Gasteiger partial charge in [0.1, 0.15) is 11.5 Å². The molecule has 0 bridgehead atoms. The van der Waals surface area contributed by atoms with Crippen LogP contribution >= 0.6 is 0 Å². The monoisotopic (exact) mass is 396 g/mol. The lowest BCUT2D eigenvalue weighted by Gasteiger charge is -2.51. The van der Waals surface area contributed by atoms with E-state index in [0.29, 0.717) is 11.5 Å². The highest BCUT2D eigenvalue weighted by Crippen LogP contribution is 2.66. The molecule has 0 aliphatic heterocycles. The first-order valence-corrected chi connectivity index (χ1v) is 10.0. The second-order valence-electron chi connectivity index (χ2n) is 7.62. The molecular weight excluding hydrogens is 376 g/mol. The van der Waals surface area contributed by atoms with E-state index in [1.54, 1.807) is 12.1 Å². The zero-order valence-electron chi connectivity index (χ0n) is 16.2. The number of rotatable bonds is 4. The van der Waals surface area contributed by atoms with Crippen LogP contribution in [0.15, 0.2) is 115 Å². The maximum absolute atomic E-state index is 12.0. The quantitative estimate of drug-likeness (QED) is 0.485. The van der Waals surface area contributed by atoms with Crippen molar-refractivity contribution in [1.29, 1.82) is 0 Å². The summed E-state index contributed by atoms with van der Waals surface area (Å²) in [7, 11) is 0. The Morgan fingerprint density at radius 2 is 0.833 bits per heavy atom. The average Bonchev–Trinajstić information content (AvgIpc) is 2.75. The molecule has 0 N–H and O–H groups in total. The van der Waals surface area contributed by atoms with Gasteiger partial charge in [0.2, 0.25) is 0 Å². The summed E-state index contributed by atoms with van der Waals surface area (Å²) in [6, 6.07) is 30.3. The third-order valence-electron chi connectivity index (χ3n) is 6.00. The van der Waals surface area contributed by atoms with Crippen LogP contribution < -0.4 is 11.3 Å². The van der Waals surface area contributed by atoms with Gasteiger partial charge in [-0.25, -0.2) is 9.59 Å². The third-order valence-corrected chi connectivity index (χ3v) is 6.00. The topological polar surface area (TPSA) is 60.4 Å². The molecule has 0 atom stereocenters. The zero-order valence-corrected chi connectivity index (χ0v) is 16.2. The largest absolute Gasteiger partial charge is 0.428 e. The van der Waals surface area contributed by atoms with E-state index in [1.807, 2.05) is 48.5 Å². The predicted molar refractivity (Wildman–Crippen MR) is 114 cm³/mol. The molecule has 4 nitrogen and oxygen atoms in total. The summed E-state index contributed by atoms with van der Waals surface area (Å²) in [6.45, 7) is 0. The first kappa shape index (κ1) is 18.4. The van der Waals surface area contributed by atoms with Crippen molar-refractivity contribution < 1.29 is 8.83 Å². The van der Waals surface area contributed by atoms with Gasteiger partial charge < -0.3 is 8.83 Å². The number of hydrogen-bond donors (Lipinski definition) is 0. The Balaban J connectivity index is 1.71. The first-order chi connectivity index (χ1) is 14.7. The summed E-state index contributed by atoms with van der Waals surface area (Å²) in [6.07, 6.45) is 0. The Labute approximate surface area is 173 Å². The number of benzene rings is 2. The van der Waals surface area contributed by atoms with Gasteiger partial charge in [-0.05, 0) is 23.3 Å². The second-order valence-corrected chi connectivity index (χ2v) is 7.62. The van der Waals surface area contributed by atoms with Crippen molar-refractivity contribution in [3.63, 3.8) is 0 Å². The van der Waals surface area contributed by atoms with Crippen molar-refractivity contribution in [2.24, 2.45) is 0 Å². The number of hydrogen-bond acceptors (Lipinski definition) is 4. The van der Waals surface area contributed by atoms with Crippen molar-refractivity contribution in [2.45, 2.75) is 23.7 Å². The van der Waals surface area contributed by atoms with E-state index < -0.39 is 0 Å². The Morgan fingerprint density at radius 1 is 0.433 bits per heavy atom. The standard InChI is InChI=1S/C26H20O4/c27-21-15-7-13-19(29-21)25-23(17-9-3-1-4-10-17)26(20-14-8-16-22(28)30-20)24(25)18-11-5-2-6-12-18/h1-16,23-26H. The summed E-state index contributed by atoms with van der Waals surface area (Å²) in [4.78, 5) is 24.0. The van der Waals surface area contributed by atoms with E-state index in [2.05, 4.69) is 24.3 Å². The van der Waals surface area contributed by atoms with E-state index in [4.69, 9.17) is 8.83 Å². The van der Waals surface area contributed by atoms with Gasteiger partial charge in [-0.1, -0.05) is 72.8 Å². The SMILES string of the molecule is O=c1cccc(C2C(c3ccccc3)C(c3cccc(=O)o3)C2c2ccccc2)o1. The van der Waals surface area contributed by atoms with Gasteiger partial charge in [0.25, 0.3) is 0 Å². The fourth-order valence-corrected chi connectivity index (χ4v) is 4.81. The summed E-state index contributed by atoms with van der Waals surface area (Å²) in [5.74, 6) is 1.21. The molecule has 148 valence electrons. The van der Waals surface area contributed by atoms with E-state index >= 15 is 0 Å². The molecule has 4 heteroatoms. The van der Waals surface area contributed by atoms with Crippen molar-refractivity contribution >= 4 is 0 Å². The Kier molecular flexibility index (Phi) is 4.68. The van der Waals surface area contributed by atoms with Crippen LogP contribution in [0.4, 0.5) is 0 Å². The van der Waals surface area contributed by atoms with Gasteiger partial charge in [-0.3, -0.25) is 0 Å². The normalized spacial score (nSPS) is 22.9. The van der Waals surface area contributed by atoms with Gasteiger partial charge >= 0.3 is 11.3 Å². The van der Waals surface area contributed by atoms with E-state index in [-0.39, 0.29) is 34.9 Å². The van der Waals surface area contributed by atoms with Gasteiger partial charge in [0.15, 0.2) is 0 Å². The van der Waals surface area contributed by atoms with Crippen molar-refractivity contribution in [2.75, 3.05) is 0 Å². The Bertz CT molecular complexity index is 1150. The molecule has 5 rings (SSSR count). The van der Waals surface area contributed by atoms with Crippen LogP contribution in [0.3, 0.4) is 0 Å². The molecule has 0 amide bonds. The third kappa shape index (κ3) is 3.20. The molecular formula is C26H20O4. The molecule has 1 aliphatic rings. The fraction of sp³-hybridized carbons (Fsp3) is 0.154. The molecule has 1 fully saturated rings. The maximum Gasteiger partial charge on any atom is 0.335 e. The highest BCUT2D eigenvalue weighted by molar-refractivity contribution is 5.44. The smallest absolute Gasteiger partial charge is 0.335 e. The van der Waals surface area contributed by atoms with Gasteiger partial charge in [0.05, 0.1) is 0 Å². The van der Waals surface area contributed by atoms with E-state index in [9.17, 15) is 9.59 Å². The van der Waals surface area contributed by atoms with E-state index in [0.717, 1.165) is 11.1 Å². The maximum atomic E-state index is 12.0. The van der Waals surface area contributed by atoms with Crippen molar-refractivity contribution in [1.82, 2.24) is 0 Å². The average molecular weight is 396 g/mol. The second kappa shape index (κ2) is 7.64. The lowest BCUT2D eigenvalue weighted by atomic mass is 9.51. The summed E-state index contributed by atoms with van der Waals surface area (Å²) in [5.41, 5.74) is 1.53. The van der Waals surface area contributed by atoms with Crippen LogP contribution in [0, 0.1) is 0 Å². The molecule has 1 aliphatic carbocycles. The van der Waals surface area contributed by atoms with Gasteiger partial charge in [-0.15, -0.1) is 0 Å².